The van der Waals surface area contributed by atoms with Gasteiger partial charge >= 0.3 is 0 Å². The van der Waals surface area contributed by atoms with E-state index in [4.69, 9.17) is 0 Å². The Labute approximate surface area is 92.7 Å². The van der Waals surface area contributed by atoms with Gasteiger partial charge in [0.15, 0.2) is 11.6 Å². The van der Waals surface area contributed by atoms with Gasteiger partial charge < -0.3 is 10.4 Å². The topological polar surface area (TPSA) is 35.5 Å². The Balaban J connectivity index is 2.16. The normalized spacial score (nSPS) is 17.6. The lowest BCUT2D eigenvalue weighted by molar-refractivity contribution is 0.226. The highest BCUT2D eigenvalue weighted by atomic mass is 19.1. The summed E-state index contributed by atoms with van der Waals surface area (Å²) in [5, 5.41) is 12.3. The van der Waals surface area contributed by atoms with E-state index in [1.807, 2.05) is 4.90 Å². The van der Waals surface area contributed by atoms with E-state index < -0.39 is 17.4 Å². The fourth-order valence-corrected chi connectivity index (χ4v) is 1.82. The first-order valence-corrected chi connectivity index (χ1v) is 5.27. The van der Waals surface area contributed by atoms with Crippen LogP contribution in [0.15, 0.2) is 12.1 Å². The van der Waals surface area contributed by atoms with Crippen LogP contribution in [0.1, 0.15) is 5.56 Å². The minimum Gasteiger partial charge on any atom is -0.505 e. The Morgan fingerprint density at radius 1 is 1.25 bits per heavy atom. The molecule has 1 saturated heterocycles. The van der Waals surface area contributed by atoms with Crippen LogP contribution in [0.3, 0.4) is 0 Å². The summed E-state index contributed by atoms with van der Waals surface area (Å²) in [6.07, 6.45) is 0. The first kappa shape index (κ1) is 11.3. The van der Waals surface area contributed by atoms with E-state index in [1.165, 1.54) is 0 Å². The Hall–Kier alpha value is -1.20. The zero-order valence-electron chi connectivity index (χ0n) is 8.84. The van der Waals surface area contributed by atoms with Gasteiger partial charge in [0, 0.05) is 38.3 Å². The maximum atomic E-state index is 13.5. The van der Waals surface area contributed by atoms with Crippen LogP contribution in [0.25, 0.3) is 0 Å². The summed E-state index contributed by atoms with van der Waals surface area (Å²) in [6, 6.07) is 2.13. The highest BCUT2D eigenvalue weighted by molar-refractivity contribution is 5.31. The van der Waals surface area contributed by atoms with Crippen LogP contribution in [-0.2, 0) is 6.54 Å². The minimum absolute atomic E-state index is 0.0538. The van der Waals surface area contributed by atoms with Crippen LogP contribution in [-0.4, -0.2) is 36.2 Å². The van der Waals surface area contributed by atoms with Gasteiger partial charge in [-0.2, -0.15) is 0 Å². The maximum absolute atomic E-state index is 13.5. The van der Waals surface area contributed by atoms with Crippen molar-refractivity contribution < 1.29 is 13.9 Å². The monoisotopic (exact) mass is 228 g/mol. The summed E-state index contributed by atoms with van der Waals surface area (Å²) >= 11 is 0. The summed E-state index contributed by atoms with van der Waals surface area (Å²) in [6.45, 7) is 3.36. The highest BCUT2D eigenvalue weighted by Crippen LogP contribution is 2.23. The van der Waals surface area contributed by atoms with Crippen LogP contribution in [0.2, 0.25) is 0 Å². The predicted molar refractivity (Wildman–Crippen MR) is 56.2 cm³/mol. The third-order valence-electron chi connectivity index (χ3n) is 2.76. The van der Waals surface area contributed by atoms with Crippen LogP contribution in [0, 0.1) is 11.6 Å². The number of nitrogens with one attached hydrogen (secondary N) is 1. The zero-order valence-corrected chi connectivity index (χ0v) is 8.84. The van der Waals surface area contributed by atoms with Crippen LogP contribution >= 0.6 is 0 Å². The van der Waals surface area contributed by atoms with Crippen molar-refractivity contribution >= 4 is 0 Å². The van der Waals surface area contributed by atoms with Gasteiger partial charge in [-0.3, -0.25) is 4.90 Å². The number of benzene rings is 1. The first-order valence-electron chi connectivity index (χ1n) is 5.27. The van der Waals surface area contributed by atoms with Gasteiger partial charge in [-0.1, -0.05) is 0 Å². The van der Waals surface area contributed by atoms with Gasteiger partial charge in [-0.15, -0.1) is 0 Å². The molecular weight excluding hydrogens is 214 g/mol. The molecular formula is C11H14F2N2O. The molecule has 1 aliphatic heterocycles. The summed E-state index contributed by atoms with van der Waals surface area (Å²) < 4.78 is 26.9. The molecule has 2 N–H and O–H groups in total. The maximum Gasteiger partial charge on any atom is 0.172 e. The standard InChI is InChI=1S/C11H14F2N2O/c12-9-1-2-10(16)11(13)8(9)7-15-5-3-14-4-6-15/h1-2,14,16H,3-7H2. The number of nitrogens with zero attached hydrogens (tertiary/aromatic N) is 1. The molecule has 0 bridgehead atoms. The van der Waals surface area contributed by atoms with E-state index in [-0.39, 0.29) is 12.1 Å². The Morgan fingerprint density at radius 2 is 1.94 bits per heavy atom. The molecule has 1 aliphatic rings. The highest BCUT2D eigenvalue weighted by Gasteiger charge is 2.17. The fourth-order valence-electron chi connectivity index (χ4n) is 1.82. The number of rotatable bonds is 2. The van der Waals surface area contributed by atoms with Crippen molar-refractivity contribution in [1.29, 1.82) is 0 Å². The number of phenols is 1. The van der Waals surface area contributed by atoms with Gasteiger partial charge in [-0.25, -0.2) is 8.78 Å². The van der Waals surface area contributed by atoms with Crippen LogP contribution in [0.5, 0.6) is 5.75 Å². The number of hydrogen-bond acceptors (Lipinski definition) is 3. The lowest BCUT2D eigenvalue weighted by Crippen LogP contribution is -2.43. The Bertz CT molecular complexity index is 378. The lowest BCUT2D eigenvalue weighted by Gasteiger charge is -2.27. The third-order valence-corrected chi connectivity index (χ3v) is 2.76. The van der Waals surface area contributed by atoms with Crippen LogP contribution in [0.4, 0.5) is 8.78 Å². The van der Waals surface area contributed by atoms with E-state index >= 15 is 0 Å². The molecule has 1 fully saturated rings. The van der Waals surface area contributed by atoms with Crippen molar-refractivity contribution in [1.82, 2.24) is 10.2 Å². The molecule has 2 rings (SSSR count). The quantitative estimate of drug-likeness (QED) is 0.795. The van der Waals surface area contributed by atoms with Crippen molar-refractivity contribution in [3.05, 3.63) is 29.3 Å². The third kappa shape index (κ3) is 2.31. The van der Waals surface area contributed by atoms with Crippen molar-refractivity contribution in [3.8, 4) is 5.75 Å². The van der Waals surface area contributed by atoms with Crippen molar-refractivity contribution in [2.24, 2.45) is 0 Å². The molecule has 0 saturated carbocycles. The van der Waals surface area contributed by atoms with E-state index in [0.29, 0.717) is 0 Å². The summed E-state index contributed by atoms with van der Waals surface area (Å²) in [4.78, 5) is 1.96. The zero-order chi connectivity index (χ0) is 11.5. The molecule has 16 heavy (non-hydrogen) atoms. The molecule has 0 spiro atoms. The van der Waals surface area contributed by atoms with E-state index in [9.17, 15) is 13.9 Å². The molecule has 0 amide bonds. The number of phenolic OH excluding ortho intramolecular Hbond substituents is 1. The average molecular weight is 228 g/mol. The molecule has 1 heterocycles. The first-order chi connectivity index (χ1) is 7.68. The van der Waals surface area contributed by atoms with Gasteiger partial charge in [0.1, 0.15) is 5.82 Å². The Morgan fingerprint density at radius 3 is 2.62 bits per heavy atom. The number of piperazine rings is 1. The fraction of sp³-hybridized carbons (Fsp3) is 0.455. The number of hydrogen-bond donors (Lipinski definition) is 2. The second-order valence-electron chi connectivity index (χ2n) is 3.89. The minimum atomic E-state index is -0.849. The molecule has 88 valence electrons. The van der Waals surface area contributed by atoms with E-state index in [1.54, 1.807) is 0 Å². The summed E-state index contributed by atoms with van der Waals surface area (Å²) in [5.41, 5.74) is -0.0538. The average Bonchev–Trinajstić information content (AvgIpc) is 2.31. The molecule has 0 unspecified atom stereocenters. The van der Waals surface area contributed by atoms with Gasteiger partial charge in [-0.05, 0) is 12.1 Å². The second-order valence-corrected chi connectivity index (χ2v) is 3.89. The van der Waals surface area contributed by atoms with Gasteiger partial charge in [0.05, 0.1) is 0 Å². The molecule has 5 heteroatoms. The second kappa shape index (κ2) is 4.76. The van der Waals surface area contributed by atoms with Gasteiger partial charge in [0.2, 0.25) is 0 Å². The van der Waals surface area contributed by atoms with Crippen LogP contribution < -0.4 is 5.32 Å². The summed E-state index contributed by atoms with van der Waals surface area (Å²) in [5.74, 6) is -1.95. The predicted octanol–water partition coefficient (Wildman–Crippen LogP) is 1.08. The smallest absolute Gasteiger partial charge is 0.172 e. The summed E-state index contributed by atoms with van der Waals surface area (Å²) in [7, 11) is 0. The van der Waals surface area contributed by atoms with Crippen molar-refractivity contribution in [2.75, 3.05) is 26.2 Å². The Kier molecular flexibility index (Phi) is 3.36. The number of aromatic hydroxyl groups is 1. The van der Waals surface area contributed by atoms with E-state index in [0.717, 1.165) is 38.3 Å². The number of halogens is 2. The SMILES string of the molecule is Oc1ccc(F)c(CN2CCNCC2)c1F. The molecule has 1 aromatic rings. The lowest BCUT2D eigenvalue weighted by atomic mass is 10.1. The van der Waals surface area contributed by atoms with Crippen molar-refractivity contribution in [2.45, 2.75) is 6.54 Å². The largest absolute Gasteiger partial charge is 0.505 e. The van der Waals surface area contributed by atoms with E-state index in [2.05, 4.69) is 5.32 Å². The molecule has 0 atom stereocenters. The molecule has 3 nitrogen and oxygen atoms in total. The molecule has 0 aliphatic carbocycles. The van der Waals surface area contributed by atoms with Gasteiger partial charge in [0.25, 0.3) is 0 Å². The molecule has 1 aromatic carbocycles. The molecule has 0 radical (unpaired) electrons. The van der Waals surface area contributed by atoms with Crippen molar-refractivity contribution in [3.63, 3.8) is 0 Å². The molecule has 0 aromatic heterocycles.